The van der Waals surface area contributed by atoms with Crippen molar-refractivity contribution in [3.8, 4) is 0 Å². The van der Waals surface area contributed by atoms with E-state index in [-0.39, 0.29) is 0 Å². The van der Waals surface area contributed by atoms with Crippen LogP contribution in [0.2, 0.25) is 0 Å². The van der Waals surface area contributed by atoms with E-state index in [1.165, 1.54) is 16.0 Å². The minimum atomic E-state index is 1.06. The molecule has 0 heteroatoms. The van der Waals surface area contributed by atoms with Gasteiger partial charge in [-0.2, -0.15) is 0 Å². The third kappa shape index (κ3) is 4.46. The Morgan fingerprint density at radius 1 is 0.762 bits per heavy atom. The van der Waals surface area contributed by atoms with Crippen molar-refractivity contribution in [1.82, 2.24) is 0 Å². The lowest BCUT2D eigenvalue weighted by atomic mass is 9.99. The van der Waals surface area contributed by atoms with Gasteiger partial charge in [-0.25, -0.2) is 0 Å². The van der Waals surface area contributed by atoms with Gasteiger partial charge in [0.05, 0.1) is 0 Å². The summed E-state index contributed by atoms with van der Waals surface area (Å²) in [6.07, 6.45) is 5.81. The molecule has 0 heterocycles. The molecule has 21 heavy (non-hydrogen) atoms. The summed E-state index contributed by atoms with van der Waals surface area (Å²) in [5.74, 6) is 0. The molecule has 0 aliphatic carbocycles. The van der Waals surface area contributed by atoms with Crippen LogP contribution >= 0.6 is 0 Å². The molecule has 0 spiro atoms. The number of fused-ring (bicyclic) bond motifs is 1. The Bertz CT molecular complexity index is 703. The maximum Gasteiger partial charge on any atom is -0.0171 e. The van der Waals surface area contributed by atoms with Gasteiger partial charge in [-0.1, -0.05) is 65.7 Å². The van der Waals surface area contributed by atoms with E-state index in [2.05, 4.69) is 50.1 Å². The molecule has 0 bridgehead atoms. The van der Waals surface area contributed by atoms with Crippen molar-refractivity contribution in [2.24, 2.45) is 0 Å². The Labute approximate surface area is 129 Å². The molecule has 2 aromatic carbocycles. The van der Waals surface area contributed by atoms with Crippen LogP contribution in [0.15, 0.2) is 37.4 Å². The normalized spacial score (nSPS) is 10.0. The van der Waals surface area contributed by atoms with Gasteiger partial charge >= 0.3 is 0 Å². The van der Waals surface area contributed by atoms with Crippen molar-refractivity contribution < 1.29 is 0 Å². The second kappa shape index (κ2) is 9.77. The molecular weight excluding hydrogens is 252 g/mol. The molecule has 2 aromatic rings. The second-order valence-corrected chi connectivity index (χ2v) is 4.08. The summed E-state index contributed by atoms with van der Waals surface area (Å²) < 4.78 is 0. The minimum Gasteiger partial charge on any atom is -0.0984 e. The largest absolute Gasteiger partial charge is 0.0984 e. The predicted molar refractivity (Wildman–Crippen MR) is 102 cm³/mol. The minimum absolute atomic E-state index is 1.06. The van der Waals surface area contributed by atoms with Crippen molar-refractivity contribution in [2.45, 2.75) is 34.6 Å². The van der Waals surface area contributed by atoms with Crippen LogP contribution in [0.1, 0.15) is 45.7 Å². The first-order chi connectivity index (χ1) is 10.2. The number of rotatable bonds is 2. The second-order valence-electron chi connectivity index (χ2n) is 4.08. The first kappa shape index (κ1) is 18.9. The highest BCUT2D eigenvalue weighted by Gasteiger charge is 2.00. The van der Waals surface area contributed by atoms with E-state index < -0.39 is 0 Å². The van der Waals surface area contributed by atoms with E-state index in [9.17, 15) is 0 Å². The van der Waals surface area contributed by atoms with Gasteiger partial charge in [0.25, 0.3) is 0 Å². The number of hydrogen-bond donors (Lipinski definition) is 0. The Morgan fingerprint density at radius 3 is 1.57 bits per heavy atom. The maximum absolute atomic E-state index is 4.06. The lowest BCUT2D eigenvalue weighted by molar-refractivity contribution is 1.50. The van der Waals surface area contributed by atoms with Crippen LogP contribution in [-0.4, -0.2) is 0 Å². The Balaban J connectivity index is 0.000000921. The Morgan fingerprint density at radius 2 is 1.19 bits per heavy atom. The zero-order valence-corrected chi connectivity index (χ0v) is 14.2. The SMILES string of the molecule is C=Cc1cc2cc(=C)/c(=C\C)cc2cc1C=C.CC.CC. The molecule has 0 saturated carbocycles. The third-order valence-electron chi connectivity index (χ3n) is 3.05. The summed E-state index contributed by atoms with van der Waals surface area (Å²) in [6.45, 7) is 21.8. The fourth-order valence-corrected chi connectivity index (χ4v) is 2.07. The van der Waals surface area contributed by atoms with Gasteiger partial charge in [-0.15, -0.1) is 0 Å². The highest BCUT2D eigenvalue weighted by Crippen LogP contribution is 2.20. The smallest absolute Gasteiger partial charge is 0.0171 e. The van der Waals surface area contributed by atoms with Crippen LogP contribution in [0.4, 0.5) is 0 Å². The summed E-state index contributed by atoms with van der Waals surface area (Å²) in [7, 11) is 0. The standard InChI is InChI=1S/C17H16.2C2H6/c1-5-13-9-17-11-15(7-3)14(6-2)10-16(17)8-12(13)4;2*1-2/h5-11H,2-4H2,1H3;2*1-2H3/b13-5-;;. The lowest BCUT2D eigenvalue weighted by Gasteiger charge is -2.05. The monoisotopic (exact) mass is 280 g/mol. The predicted octanol–water partition coefficient (Wildman–Crippen LogP) is 5.39. The van der Waals surface area contributed by atoms with Gasteiger partial charge in [0.2, 0.25) is 0 Å². The molecule has 0 aliphatic rings. The van der Waals surface area contributed by atoms with Crippen molar-refractivity contribution in [3.63, 3.8) is 0 Å². The van der Waals surface area contributed by atoms with E-state index in [1.807, 2.05) is 46.8 Å². The number of hydrogen-bond acceptors (Lipinski definition) is 0. The zero-order chi connectivity index (χ0) is 16.4. The zero-order valence-electron chi connectivity index (χ0n) is 14.2. The quantitative estimate of drug-likeness (QED) is 0.692. The molecule has 2 rings (SSSR count). The summed E-state index contributed by atoms with van der Waals surface area (Å²) in [5.41, 5.74) is 2.23. The van der Waals surface area contributed by atoms with Crippen LogP contribution in [0, 0.1) is 0 Å². The summed E-state index contributed by atoms with van der Waals surface area (Å²) in [4.78, 5) is 0. The van der Waals surface area contributed by atoms with Gasteiger partial charge in [0.1, 0.15) is 0 Å². The molecule has 0 saturated heterocycles. The first-order valence-electron chi connectivity index (χ1n) is 7.67. The van der Waals surface area contributed by atoms with Gasteiger partial charge in [-0.05, 0) is 63.5 Å². The molecular formula is C21H28. The molecule has 0 nitrogen and oxygen atoms in total. The third-order valence-corrected chi connectivity index (χ3v) is 3.05. The van der Waals surface area contributed by atoms with Crippen molar-refractivity contribution >= 4 is 35.6 Å². The highest BCUT2D eigenvalue weighted by atomic mass is 14.0. The van der Waals surface area contributed by atoms with Crippen LogP contribution in [-0.2, 0) is 0 Å². The van der Waals surface area contributed by atoms with Crippen LogP contribution in [0.5, 0.6) is 0 Å². The molecule has 112 valence electrons. The highest BCUT2D eigenvalue weighted by molar-refractivity contribution is 5.88. The van der Waals surface area contributed by atoms with Crippen LogP contribution < -0.4 is 10.4 Å². The van der Waals surface area contributed by atoms with Gasteiger partial charge in [-0.3, -0.25) is 0 Å². The van der Waals surface area contributed by atoms with Gasteiger partial charge in [0.15, 0.2) is 0 Å². The van der Waals surface area contributed by atoms with E-state index in [4.69, 9.17) is 0 Å². The van der Waals surface area contributed by atoms with Crippen LogP contribution in [0.25, 0.3) is 35.6 Å². The van der Waals surface area contributed by atoms with Gasteiger partial charge < -0.3 is 0 Å². The Hall–Kier alpha value is -2.08. The molecule has 0 radical (unpaired) electrons. The fourth-order valence-electron chi connectivity index (χ4n) is 2.07. The van der Waals surface area contributed by atoms with Crippen molar-refractivity contribution in [3.05, 3.63) is 59.0 Å². The van der Waals surface area contributed by atoms with E-state index >= 15 is 0 Å². The topological polar surface area (TPSA) is 0 Å². The van der Waals surface area contributed by atoms with E-state index in [0.29, 0.717) is 0 Å². The molecule has 0 N–H and O–H groups in total. The van der Waals surface area contributed by atoms with Crippen molar-refractivity contribution in [2.75, 3.05) is 0 Å². The van der Waals surface area contributed by atoms with E-state index in [0.717, 1.165) is 16.3 Å². The summed E-state index contributed by atoms with van der Waals surface area (Å²) in [5, 5.41) is 4.65. The molecule has 0 unspecified atom stereocenters. The summed E-state index contributed by atoms with van der Waals surface area (Å²) >= 11 is 0. The average Bonchev–Trinajstić information content (AvgIpc) is 2.56. The Kier molecular flexibility index (Phi) is 8.80. The first-order valence-corrected chi connectivity index (χ1v) is 7.67. The fraction of sp³-hybridized carbons (Fsp3) is 0.238. The molecule has 0 aliphatic heterocycles. The molecule has 0 amide bonds. The lowest BCUT2D eigenvalue weighted by Crippen LogP contribution is -2.21. The maximum atomic E-state index is 4.06. The van der Waals surface area contributed by atoms with E-state index in [1.54, 1.807) is 0 Å². The number of benzene rings is 2. The van der Waals surface area contributed by atoms with Gasteiger partial charge in [0, 0.05) is 0 Å². The molecule has 0 fully saturated rings. The van der Waals surface area contributed by atoms with Crippen molar-refractivity contribution in [1.29, 1.82) is 0 Å². The molecule has 0 atom stereocenters. The van der Waals surface area contributed by atoms with Crippen LogP contribution in [0.3, 0.4) is 0 Å². The average molecular weight is 280 g/mol. The molecule has 0 aromatic heterocycles. The summed E-state index contributed by atoms with van der Waals surface area (Å²) in [6, 6.07) is 8.56.